The van der Waals surface area contributed by atoms with Crippen molar-refractivity contribution < 1.29 is 23.4 Å². The second kappa shape index (κ2) is 8.71. The summed E-state index contributed by atoms with van der Waals surface area (Å²) in [5.41, 5.74) is 1.11. The Morgan fingerprint density at radius 2 is 2.00 bits per heavy atom. The summed E-state index contributed by atoms with van der Waals surface area (Å²) in [6, 6.07) is 3.70. The molecule has 1 rings (SSSR count). The molecule has 0 aromatic heterocycles. The van der Waals surface area contributed by atoms with Crippen LogP contribution in [0.3, 0.4) is 0 Å². The summed E-state index contributed by atoms with van der Waals surface area (Å²) in [7, 11) is 2.98. The molecule has 1 unspecified atom stereocenters. The van der Waals surface area contributed by atoms with Crippen molar-refractivity contribution in [2.75, 3.05) is 27.4 Å². The molecule has 1 aromatic carbocycles. The van der Waals surface area contributed by atoms with Crippen LogP contribution in [-0.2, 0) is 19.0 Å². The summed E-state index contributed by atoms with van der Waals surface area (Å²) in [5, 5.41) is 2.93. The smallest absolute Gasteiger partial charge is 0.327 e. The molecule has 0 saturated carbocycles. The van der Waals surface area contributed by atoms with E-state index in [0.717, 1.165) is 5.56 Å². The second-order valence-electron chi connectivity index (χ2n) is 4.52. The molecular formula is C15H22FNO4. The Hall–Kier alpha value is -1.50. The predicted octanol–water partition coefficient (Wildman–Crippen LogP) is 1.95. The van der Waals surface area contributed by atoms with Gasteiger partial charge in [-0.1, -0.05) is 17.7 Å². The van der Waals surface area contributed by atoms with Crippen molar-refractivity contribution in [3.05, 3.63) is 35.1 Å². The Bertz CT molecular complexity index is 463. The first-order valence-corrected chi connectivity index (χ1v) is 6.75. The molecule has 0 aliphatic rings. The Morgan fingerprint density at radius 1 is 1.33 bits per heavy atom. The first-order valence-electron chi connectivity index (χ1n) is 6.75. The number of carbonyl (C=O) groups is 1. The van der Waals surface area contributed by atoms with Crippen LogP contribution < -0.4 is 5.32 Å². The zero-order chi connectivity index (χ0) is 15.8. The van der Waals surface area contributed by atoms with Gasteiger partial charge in [-0.05, 0) is 19.9 Å². The lowest BCUT2D eigenvalue weighted by Gasteiger charge is -2.21. The average molecular weight is 299 g/mol. The van der Waals surface area contributed by atoms with Gasteiger partial charge in [0, 0.05) is 26.3 Å². The number of aryl methyl sites for hydroxylation is 1. The van der Waals surface area contributed by atoms with E-state index in [0.29, 0.717) is 0 Å². The van der Waals surface area contributed by atoms with Crippen LogP contribution in [0.15, 0.2) is 18.2 Å². The monoisotopic (exact) mass is 299 g/mol. The largest absolute Gasteiger partial charge is 0.465 e. The molecule has 1 atom stereocenters. The van der Waals surface area contributed by atoms with Crippen LogP contribution >= 0.6 is 0 Å². The lowest BCUT2D eigenvalue weighted by Crippen LogP contribution is -2.37. The van der Waals surface area contributed by atoms with Gasteiger partial charge in [-0.15, -0.1) is 0 Å². The molecule has 21 heavy (non-hydrogen) atoms. The normalized spacial score (nSPS) is 12.5. The topological polar surface area (TPSA) is 56.8 Å². The lowest BCUT2D eigenvalue weighted by atomic mass is 10.0. The number of carbonyl (C=O) groups excluding carboxylic acids is 1. The molecule has 6 heteroatoms. The summed E-state index contributed by atoms with van der Waals surface area (Å²) in [6.07, 6.45) is -0.533. The van der Waals surface area contributed by atoms with E-state index < -0.39 is 24.1 Å². The molecule has 0 amide bonds. The van der Waals surface area contributed by atoms with Gasteiger partial charge >= 0.3 is 5.97 Å². The molecule has 0 aliphatic carbocycles. The molecular weight excluding hydrogens is 277 g/mol. The number of halogens is 1. The van der Waals surface area contributed by atoms with E-state index in [1.807, 2.05) is 6.92 Å². The number of hydrogen-bond acceptors (Lipinski definition) is 5. The van der Waals surface area contributed by atoms with E-state index in [4.69, 9.17) is 14.2 Å². The fourth-order valence-electron chi connectivity index (χ4n) is 1.91. The number of rotatable bonds is 8. The first kappa shape index (κ1) is 17.6. The molecule has 1 aromatic rings. The number of ether oxygens (including phenoxy) is 3. The van der Waals surface area contributed by atoms with Crippen molar-refractivity contribution in [3.8, 4) is 0 Å². The van der Waals surface area contributed by atoms with Crippen LogP contribution in [0, 0.1) is 12.7 Å². The minimum atomic E-state index is -0.905. The second-order valence-corrected chi connectivity index (χ2v) is 4.52. The minimum absolute atomic E-state index is 0.225. The van der Waals surface area contributed by atoms with Gasteiger partial charge in [0.25, 0.3) is 0 Å². The van der Waals surface area contributed by atoms with Crippen molar-refractivity contribution in [1.82, 2.24) is 5.32 Å². The Balaban J connectivity index is 2.96. The highest BCUT2D eigenvalue weighted by atomic mass is 19.1. The van der Waals surface area contributed by atoms with Crippen LogP contribution in [-0.4, -0.2) is 39.6 Å². The number of methoxy groups -OCH3 is 2. The van der Waals surface area contributed by atoms with E-state index in [1.54, 1.807) is 19.1 Å². The molecule has 0 aliphatic heterocycles. The van der Waals surface area contributed by atoms with Crippen LogP contribution in [0.25, 0.3) is 0 Å². The zero-order valence-corrected chi connectivity index (χ0v) is 12.8. The van der Waals surface area contributed by atoms with Crippen molar-refractivity contribution in [3.63, 3.8) is 0 Å². The Morgan fingerprint density at radius 3 is 2.57 bits per heavy atom. The van der Waals surface area contributed by atoms with Crippen molar-refractivity contribution in [1.29, 1.82) is 0 Å². The van der Waals surface area contributed by atoms with Gasteiger partial charge in [0.05, 0.1) is 6.61 Å². The lowest BCUT2D eigenvalue weighted by molar-refractivity contribution is -0.147. The fourth-order valence-corrected chi connectivity index (χ4v) is 1.91. The highest BCUT2D eigenvalue weighted by Gasteiger charge is 2.25. The highest BCUT2D eigenvalue weighted by molar-refractivity contribution is 5.77. The fraction of sp³-hybridized carbons (Fsp3) is 0.533. The van der Waals surface area contributed by atoms with Gasteiger partial charge < -0.3 is 14.2 Å². The predicted molar refractivity (Wildman–Crippen MR) is 76.3 cm³/mol. The standard InChI is InChI=1S/C15H22FNO4/c1-5-21-15(18)14(17-9-13(19-3)20-4)11-8-10(2)6-7-12(11)16/h6-8,13-14,17H,5,9H2,1-4H3. The molecule has 0 saturated heterocycles. The Kier molecular flexibility index (Phi) is 7.28. The van der Waals surface area contributed by atoms with Crippen LogP contribution in [0.5, 0.6) is 0 Å². The number of benzene rings is 1. The Labute approximate surface area is 124 Å². The van der Waals surface area contributed by atoms with E-state index in [2.05, 4.69) is 5.32 Å². The van der Waals surface area contributed by atoms with Crippen molar-refractivity contribution in [2.45, 2.75) is 26.2 Å². The third kappa shape index (κ3) is 5.08. The van der Waals surface area contributed by atoms with E-state index >= 15 is 0 Å². The van der Waals surface area contributed by atoms with Crippen LogP contribution in [0.1, 0.15) is 24.1 Å². The van der Waals surface area contributed by atoms with Crippen LogP contribution in [0.2, 0.25) is 0 Å². The highest BCUT2D eigenvalue weighted by Crippen LogP contribution is 2.20. The summed E-state index contributed by atoms with van der Waals surface area (Å²) < 4.78 is 29.1. The van der Waals surface area contributed by atoms with Crippen LogP contribution in [0.4, 0.5) is 4.39 Å². The third-order valence-electron chi connectivity index (χ3n) is 3.00. The van der Waals surface area contributed by atoms with Gasteiger partial charge in [-0.3, -0.25) is 5.32 Å². The molecule has 118 valence electrons. The summed E-state index contributed by atoms with van der Waals surface area (Å²) in [6.45, 7) is 3.99. The maximum atomic E-state index is 14.0. The van der Waals surface area contributed by atoms with Gasteiger partial charge in [0.2, 0.25) is 0 Å². The molecule has 5 nitrogen and oxygen atoms in total. The molecule has 0 spiro atoms. The molecule has 1 N–H and O–H groups in total. The third-order valence-corrected chi connectivity index (χ3v) is 3.00. The summed E-state index contributed by atoms with van der Waals surface area (Å²) in [5.74, 6) is -0.995. The number of nitrogens with one attached hydrogen (secondary N) is 1. The zero-order valence-electron chi connectivity index (χ0n) is 12.8. The molecule has 0 fully saturated rings. The SMILES string of the molecule is CCOC(=O)C(NCC(OC)OC)c1cc(C)ccc1F. The molecule has 0 radical (unpaired) electrons. The molecule has 0 bridgehead atoms. The summed E-state index contributed by atoms with van der Waals surface area (Å²) >= 11 is 0. The number of esters is 1. The van der Waals surface area contributed by atoms with Gasteiger partial charge in [0.1, 0.15) is 11.9 Å². The van der Waals surface area contributed by atoms with E-state index in [1.165, 1.54) is 20.3 Å². The van der Waals surface area contributed by atoms with Crippen molar-refractivity contribution in [2.24, 2.45) is 0 Å². The number of hydrogen-bond donors (Lipinski definition) is 1. The molecule has 0 heterocycles. The maximum Gasteiger partial charge on any atom is 0.327 e. The van der Waals surface area contributed by atoms with Gasteiger partial charge in [-0.25, -0.2) is 9.18 Å². The van der Waals surface area contributed by atoms with Gasteiger partial charge in [-0.2, -0.15) is 0 Å². The summed E-state index contributed by atoms with van der Waals surface area (Å²) in [4.78, 5) is 12.1. The first-order chi connectivity index (χ1) is 10.0. The minimum Gasteiger partial charge on any atom is -0.465 e. The maximum absolute atomic E-state index is 14.0. The van der Waals surface area contributed by atoms with Gasteiger partial charge in [0.15, 0.2) is 6.29 Å². The van der Waals surface area contributed by atoms with Crippen molar-refractivity contribution >= 4 is 5.97 Å². The van der Waals surface area contributed by atoms with E-state index in [-0.39, 0.29) is 18.7 Å². The van der Waals surface area contributed by atoms with E-state index in [9.17, 15) is 9.18 Å². The quantitative estimate of drug-likeness (QED) is 0.587. The average Bonchev–Trinajstić information content (AvgIpc) is 2.47.